The zero-order valence-corrected chi connectivity index (χ0v) is 23.6. The van der Waals surface area contributed by atoms with Gasteiger partial charge in [0.05, 0.1) is 18.2 Å². The van der Waals surface area contributed by atoms with Gasteiger partial charge in [0.2, 0.25) is 5.91 Å². The number of rotatable bonds is 7. The van der Waals surface area contributed by atoms with E-state index in [0.29, 0.717) is 11.1 Å². The molecule has 218 valence electrons. The molecule has 3 amide bonds. The van der Waals surface area contributed by atoms with Crippen molar-refractivity contribution in [3.63, 3.8) is 0 Å². The molecule has 1 saturated carbocycles. The second kappa shape index (κ2) is 11.6. The number of aliphatic hydroxyl groups is 1. The number of nitriles is 1. The lowest BCUT2D eigenvalue weighted by Crippen LogP contribution is -2.56. The summed E-state index contributed by atoms with van der Waals surface area (Å²) in [4.78, 5) is 51.9. The number of aliphatic hydroxyl groups excluding tert-OH is 1. The molecule has 11 heteroatoms. The van der Waals surface area contributed by atoms with Crippen molar-refractivity contribution in [1.82, 2.24) is 10.3 Å². The van der Waals surface area contributed by atoms with E-state index < -0.39 is 47.6 Å². The van der Waals surface area contributed by atoms with Gasteiger partial charge in [-0.25, -0.2) is 14.2 Å². The monoisotopic (exact) mass is 580 g/mol. The summed E-state index contributed by atoms with van der Waals surface area (Å²) in [5, 5.41) is 22.9. The van der Waals surface area contributed by atoms with Crippen LogP contribution in [-0.4, -0.2) is 51.7 Å². The molecule has 2 aliphatic rings. The molecule has 5 rings (SSSR count). The number of halogens is 1. The Labute approximate surface area is 248 Å². The number of nitrogens with one attached hydrogen (secondary N) is 1. The first kappa shape index (κ1) is 29.4. The van der Waals surface area contributed by atoms with Crippen LogP contribution in [0.5, 0.6) is 0 Å². The highest BCUT2D eigenvalue weighted by atomic mass is 19.1. The number of hydrogen-bond acceptors (Lipinski definition) is 6. The number of aromatic nitrogens is 1. The van der Waals surface area contributed by atoms with Crippen LogP contribution in [0.1, 0.15) is 48.9 Å². The van der Waals surface area contributed by atoms with E-state index in [1.165, 1.54) is 36.2 Å². The lowest BCUT2D eigenvalue weighted by Gasteiger charge is -2.41. The van der Waals surface area contributed by atoms with Crippen molar-refractivity contribution < 1.29 is 23.9 Å². The van der Waals surface area contributed by atoms with Crippen LogP contribution in [0.15, 0.2) is 66.9 Å². The zero-order valence-electron chi connectivity index (χ0n) is 23.6. The van der Waals surface area contributed by atoms with Gasteiger partial charge >= 0.3 is 0 Å². The zero-order chi connectivity index (χ0) is 30.9. The molecule has 1 aliphatic carbocycles. The Morgan fingerprint density at radius 3 is 2.65 bits per heavy atom. The van der Waals surface area contributed by atoms with Gasteiger partial charge in [-0.15, -0.1) is 0 Å². The fourth-order valence-corrected chi connectivity index (χ4v) is 5.75. The van der Waals surface area contributed by atoms with Crippen LogP contribution in [0.4, 0.5) is 21.6 Å². The molecule has 0 spiro atoms. The minimum absolute atomic E-state index is 0.00222. The highest BCUT2D eigenvalue weighted by Gasteiger charge is 2.49. The molecule has 1 aliphatic heterocycles. The molecule has 1 unspecified atom stereocenters. The van der Waals surface area contributed by atoms with Crippen molar-refractivity contribution in [1.29, 1.82) is 5.26 Å². The predicted octanol–water partition coefficient (Wildman–Crippen LogP) is 4.06. The van der Waals surface area contributed by atoms with Crippen molar-refractivity contribution in [2.75, 3.05) is 9.80 Å². The minimum atomic E-state index is -1.53. The van der Waals surface area contributed by atoms with Crippen LogP contribution in [-0.2, 0) is 14.4 Å². The molecule has 10 nitrogen and oxygen atoms in total. The van der Waals surface area contributed by atoms with Crippen molar-refractivity contribution in [3.05, 3.63) is 95.0 Å². The molecule has 2 aromatic carbocycles. The van der Waals surface area contributed by atoms with E-state index in [0.717, 1.165) is 4.90 Å². The van der Waals surface area contributed by atoms with Gasteiger partial charge in [-0.05, 0) is 49.2 Å². The topological polar surface area (TPSA) is 131 Å². The SMILES string of the molecule is [C-]#[N+]c1cccc(N(C(=O)[C@@H]2C[C@@H](O)C(=O)N2c2cc(C#N)ccn2)C(C(=O)NC2CC(C)(F)C2)c2ccccc2C)c1. The normalized spacial score (nSPS) is 23.4. The molecule has 3 atom stereocenters. The molecule has 2 fully saturated rings. The quantitative estimate of drug-likeness (QED) is 0.406. The van der Waals surface area contributed by atoms with Crippen molar-refractivity contribution in [2.24, 2.45) is 0 Å². The first-order valence-electron chi connectivity index (χ1n) is 13.8. The van der Waals surface area contributed by atoms with E-state index in [1.807, 2.05) is 6.07 Å². The smallest absolute Gasteiger partial charge is 0.257 e. The van der Waals surface area contributed by atoms with E-state index >= 15 is 0 Å². The summed E-state index contributed by atoms with van der Waals surface area (Å²) in [6.45, 7) is 10.8. The molecule has 1 saturated heterocycles. The van der Waals surface area contributed by atoms with Crippen LogP contribution in [0.2, 0.25) is 0 Å². The lowest BCUT2D eigenvalue weighted by molar-refractivity contribution is -0.129. The number of alkyl halides is 1. The molecular formula is C32H29FN6O4. The fraction of sp³-hybridized carbons (Fsp3) is 0.312. The van der Waals surface area contributed by atoms with Gasteiger partial charge in [0.25, 0.3) is 11.8 Å². The first-order chi connectivity index (χ1) is 20.5. The minimum Gasteiger partial charge on any atom is -0.383 e. The molecule has 2 N–H and O–H groups in total. The number of anilines is 2. The van der Waals surface area contributed by atoms with Crippen LogP contribution < -0.4 is 15.1 Å². The van der Waals surface area contributed by atoms with Crippen molar-refractivity contribution in [3.8, 4) is 6.07 Å². The Hall–Kier alpha value is -5.13. The summed E-state index contributed by atoms with van der Waals surface area (Å²) < 4.78 is 14.3. The van der Waals surface area contributed by atoms with Gasteiger partial charge in [-0.1, -0.05) is 36.4 Å². The van der Waals surface area contributed by atoms with Gasteiger partial charge in [0.15, 0.2) is 5.69 Å². The Bertz CT molecular complexity index is 1670. The molecule has 1 aromatic heterocycles. The summed E-state index contributed by atoms with van der Waals surface area (Å²) in [6, 6.07) is 15.0. The Morgan fingerprint density at radius 1 is 1.23 bits per heavy atom. The second-order valence-electron chi connectivity index (χ2n) is 11.1. The standard InChI is InChI=1S/C32H29FN6O4/c1-19-7-4-5-10-24(19)28(29(41)37-22-16-32(2,33)17-22)38(23-9-6-8-21(14-23)35-3)30(42)25-15-26(40)31(43)39(25)27-13-20(18-34)11-12-36-27/h4-14,22,25-26,28,40H,15-17H2,1-2H3,(H,37,41)/t22?,25-,26+,28?,32?/m0/s1. The third kappa shape index (κ3) is 5.81. The number of amides is 3. The van der Waals surface area contributed by atoms with E-state index in [-0.39, 0.29) is 42.0 Å². The molecule has 43 heavy (non-hydrogen) atoms. The van der Waals surface area contributed by atoms with E-state index in [2.05, 4.69) is 15.1 Å². The number of nitrogens with zero attached hydrogens (tertiary/aromatic N) is 5. The fourth-order valence-electron chi connectivity index (χ4n) is 5.75. The molecule has 0 radical (unpaired) electrons. The summed E-state index contributed by atoms with van der Waals surface area (Å²) >= 11 is 0. The van der Waals surface area contributed by atoms with Gasteiger partial charge in [-0.2, -0.15) is 5.26 Å². The van der Waals surface area contributed by atoms with Gasteiger partial charge in [0, 0.05) is 37.2 Å². The highest BCUT2D eigenvalue weighted by Crippen LogP contribution is 2.38. The molecular weight excluding hydrogens is 551 g/mol. The van der Waals surface area contributed by atoms with Crippen LogP contribution in [0.25, 0.3) is 4.85 Å². The lowest BCUT2D eigenvalue weighted by atomic mass is 9.78. The maximum absolute atomic E-state index is 14.7. The van der Waals surface area contributed by atoms with Gasteiger partial charge in [-0.3, -0.25) is 24.2 Å². The molecule has 2 heterocycles. The van der Waals surface area contributed by atoms with Crippen LogP contribution in [0.3, 0.4) is 0 Å². The number of benzene rings is 2. The molecule has 3 aromatic rings. The van der Waals surface area contributed by atoms with E-state index in [9.17, 15) is 29.1 Å². The number of carbonyl (C=O) groups excluding carboxylic acids is 3. The summed E-state index contributed by atoms with van der Waals surface area (Å²) in [5.41, 5.74) is 0.428. The largest absolute Gasteiger partial charge is 0.383 e. The summed E-state index contributed by atoms with van der Waals surface area (Å²) in [5.74, 6) is -2.03. The van der Waals surface area contributed by atoms with Crippen molar-refractivity contribution in [2.45, 2.75) is 63.0 Å². The number of pyridine rings is 1. The number of aryl methyl sites for hydroxylation is 1. The third-order valence-electron chi connectivity index (χ3n) is 7.84. The van der Waals surface area contributed by atoms with Crippen molar-refractivity contribution >= 4 is 34.9 Å². The van der Waals surface area contributed by atoms with Gasteiger partial charge < -0.3 is 10.4 Å². The molecule has 0 bridgehead atoms. The number of carbonyl (C=O) groups is 3. The van der Waals surface area contributed by atoms with Crippen LogP contribution in [0, 0.1) is 24.8 Å². The summed E-state index contributed by atoms with van der Waals surface area (Å²) in [7, 11) is 0. The average Bonchev–Trinajstić information content (AvgIpc) is 3.28. The second-order valence-corrected chi connectivity index (χ2v) is 11.1. The number of hydrogen-bond donors (Lipinski definition) is 2. The Balaban J connectivity index is 1.64. The highest BCUT2D eigenvalue weighted by molar-refractivity contribution is 6.12. The maximum atomic E-state index is 14.7. The Morgan fingerprint density at radius 2 is 1.98 bits per heavy atom. The van der Waals surface area contributed by atoms with E-state index in [4.69, 9.17) is 6.57 Å². The third-order valence-corrected chi connectivity index (χ3v) is 7.84. The van der Waals surface area contributed by atoms with Crippen LogP contribution >= 0.6 is 0 Å². The average molecular weight is 581 g/mol. The maximum Gasteiger partial charge on any atom is 0.257 e. The Kier molecular flexibility index (Phi) is 7.94. The van der Waals surface area contributed by atoms with E-state index in [1.54, 1.807) is 49.4 Å². The van der Waals surface area contributed by atoms with Gasteiger partial charge in [0.1, 0.15) is 29.7 Å². The predicted molar refractivity (Wildman–Crippen MR) is 156 cm³/mol. The summed E-state index contributed by atoms with van der Waals surface area (Å²) in [6.07, 6.45) is -0.247. The first-order valence-corrected chi connectivity index (χ1v) is 13.8.